The van der Waals surface area contributed by atoms with Crippen molar-refractivity contribution in [2.45, 2.75) is 38.3 Å². The monoisotopic (exact) mass is 280 g/mol. The molecule has 2 unspecified atom stereocenters. The van der Waals surface area contributed by atoms with Gasteiger partial charge in [-0.3, -0.25) is 0 Å². The first-order valence-corrected chi connectivity index (χ1v) is 7.29. The minimum Gasteiger partial charge on any atom is -0.353 e. The molecule has 1 aromatic carbocycles. The van der Waals surface area contributed by atoms with E-state index in [2.05, 4.69) is 4.90 Å². The topological polar surface area (TPSA) is 15.6 Å². The van der Waals surface area contributed by atoms with Crippen molar-refractivity contribution in [2.75, 3.05) is 0 Å². The number of halogens is 2. The summed E-state index contributed by atoms with van der Waals surface area (Å²) in [6.07, 6.45) is 5.08. The molecule has 94 valence electrons. The summed E-state index contributed by atoms with van der Waals surface area (Å²) >= 11 is 12.5. The second-order valence-electron chi connectivity index (χ2n) is 5.55. The molecule has 0 N–H and O–H groups in total. The number of rotatable bonds is 0. The predicted molar refractivity (Wildman–Crippen MR) is 74.8 cm³/mol. The summed E-state index contributed by atoms with van der Waals surface area (Å²) in [5.41, 5.74) is 2.00. The molecule has 1 saturated carbocycles. The number of nitrogens with zero attached hydrogens (tertiary/aromatic N) is 2. The van der Waals surface area contributed by atoms with Gasteiger partial charge >= 0.3 is 0 Å². The molecule has 0 amide bonds. The lowest BCUT2D eigenvalue weighted by molar-refractivity contribution is 0.266. The minimum atomic E-state index is 0.672. The fraction of sp³-hybridized carbons (Fsp3) is 0.500. The Balaban J connectivity index is 1.85. The van der Waals surface area contributed by atoms with Gasteiger partial charge in [-0.05, 0) is 37.3 Å². The van der Waals surface area contributed by atoms with Gasteiger partial charge in [-0.1, -0.05) is 23.2 Å². The van der Waals surface area contributed by atoms with Crippen molar-refractivity contribution >= 4 is 34.7 Å². The van der Waals surface area contributed by atoms with Crippen LogP contribution in [0.1, 0.15) is 31.2 Å². The predicted octanol–water partition coefficient (Wildman–Crippen LogP) is 4.41. The first kappa shape index (κ1) is 11.1. The molecule has 0 radical (unpaired) electrons. The van der Waals surface area contributed by atoms with E-state index in [-0.39, 0.29) is 0 Å². The maximum Gasteiger partial charge on any atom is 0.106 e. The van der Waals surface area contributed by atoms with Crippen LogP contribution < -0.4 is 0 Å². The average molecular weight is 281 g/mol. The Labute approximate surface area is 117 Å². The van der Waals surface area contributed by atoms with Crippen LogP contribution in [-0.4, -0.2) is 16.8 Å². The number of benzene rings is 1. The highest BCUT2D eigenvalue weighted by Gasteiger charge is 2.39. The summed E-state index contributed by atoms with van der Waals surface area (Å²) in [5.74, 6) is 2.06. The SMILES string of the molecule is Clc1ccc(Cl)c2c1CN1C(=N2)CC2CCC1C2. The van der Waals surface area contributed by atoms with Crippen LogP contribution in [0.25, 0.3) is 0 Å². The molecule has 18 heavy (non-hydrogen) atoms. The second-order valence-corrected chi connectivity index (χ2v) is 6.36. The van der Waals surface area contributed by atoms with Crippen molar-refractivity contribution in [3.63, 3.8) is 0 Å². The van der Waals surface area contributed by atoms with Crippen LogP contribution in [0.5, 0.6) is 0 Å². The first-order chi connectivity index (χ1) is 8.72. The molecule has 0 spiro atoms. The van der Waals surface area contributed by atoms with Crippen molar-refractivity contribution in [1.29, 1.82) is 0 Å². The summed E-state index contributed by atoms with van der Waals surface area (Å²) < 4.78 is 0. The summed E-state index contributed by atoms with van der Waals surface area (Å²) in [7, 11) is 0. The van der Waals surface area contributed by atoms with E-state index in [4.69, 9.17) is 28.2 Å². The molecular weight excluding hydrogens is 267 g/mol. The minimum absolute atomic E-state index is 0.672. The lowest BCUT2D eigenvalue weighted by Gasteiger charge is -2.39. The molecule has 3 aliphatic rings. The van der Waals surface area contributed by atoms with Crippen LogP contribution in [0, 0.1) is 5.92 Å². The number of hydrogen-bond acceptors (Lipinski definition) is 2. The maximum atomic E-state index is 6.29. The zero-order valence-corrected chi connectivity index (χ0v) is 11.5. The Morgan fingerprint density at radius 3 is 2.89 bits per heavy atom. The summed E-state index contributed by atoms with van der Waals surface area (Å²) in [6.45, 7) is 0.880. The lowest BCUT2D eigenvalue weighted by Crippen LogP contribution is -2.43. The number of fused-ring (bicyclic) bond motifs is 5. The average Bonchev–Trinajstić information content (AvgIpc) is 2.76. The molecule has 4 rings (SSSR count). The van der Waals surface area contributed by atoms with Crippen molar-refractivity contribution < 1.29 is 0 Å². The van der Waals surface area contributed by atoms with Crippen molar-refractivity contribution in [3.8, 4) is 0 Å². The molecule has 0 aromatic heterocycles. The van der Waals surface area contributed by atoms with Crippen molar-refractivity contribution in [3.05, 3.63) is 27.7 Å². The molecular formula is C14H14Cl2N2. The Hall–Kier alpha value is -0.730. The van der Waals surface area contributed by atoms with Gasteiger partial charge in [0.05, 0.1) is 10.7 Å². The van der Waals surface area contributed by atoms with E-state index in [0.29, 0.717) is 6.04 Å². The zero-order valence-electron chi connectivity index (χ0n) is 10.00. The van der Waals surface area contributed by atoms with Crippen LogP contribution in [0.3, 0.4) is 0 Å². The van der Waals surface area contributed by atoms with E-state index in [1.165, 1.54) is 25.1 Å². The van der Waals surface area contributed by atoms with Crippen LogP contribution >= 0.6 is 23.2 Å². The van der Waals surface area contributed by atoms with Gasteiger partial charge in [-0.2, -0.15) is 0 Å². The van der Waals surface area contributed by atoms with Crippen LogP contribution in [-0.2, 0) is 6.54 Å². The summed E-state index contributed by atoms with van der Waals surface area (Å²) in [6, 6.07) is 4.40. The smallest absolute Gasteiger partial charge is 0.106 e. The Kier molecular flexibility index (Phi) is 2.40. The highest BCUT2D eigenvalue weighted by molar-refractivity contribution is 6.36. The highest BCUT2D eigenvalue weighted by atomic mass is 35.5. The van der Waals surface area contributed by atoms with E-state index < -0.39 is 0 Å². The maximum absolute atomic E-state index is 6.29. The van der Waals surface area contributed by atoms with Crippen molar-refractivity contribution in [1.82, 2.24) is 4.90 Å². The first-order valence-electron chi connectivity index (χ1n) is 6.53. The van der Waals surface area contributed by atoms with Gasteiger partial charge in [0, 0.05) is 29.6 Å². The number of hydrogen-bond donors (Lipinski definition) is 0. The number of piperidine rings is 1. The molecule has 1 aliphatic carbocycles. The highest BCUT2D eigenvalue weighted by Crippen LogP contribution is 2.45. The normalized spacial score (nSPS) is 28.8. The lowest BCUT2D eigenvalue weighted by atomic mass is 9.96. The van der Waals surface area contributed by atoms with Gasteiger partial charge in [-0.25, -0.2) is 4.99 Å². The zero-order chi connectivity index (χ0) is 12.3. The van der Waals surface area contributed by atoms with E-state index >= 15 is 0 Å². The van der Waals surface area contributed by atoms with E-state index in [1.807, 2.05) is 12.1 Å². The molecule has 2 aliphatic heterocycles. The second kappa shape index (κ2) is 3.88. The third-order valence-electron chi connectivity index (χ3n) is 4.50. The summed E-state index contributed by atoms with van der Waals surface area (Å²) in [5, 5.41) is 1.51. The Morgan fingerprint density at radius 2 is 2.00 bits per heavy atom. The molecule has 2 nitrogen and oxygen atoms in total. The van der Waals surface area contributed by atoms with E-state index in [9.17, 15) is 0 Å². The molecule has 2 heterocycles. The third-order valence-corrected chi connectivity index (χ3v) is 5.16. The van der Waals surface area contributed by atoms with Gasteiger partial charge in [0.15, 0.2) is 0 Å². The fourth-order valence-electron chi connectivity index (χ4n) is 3.59. The van der Waals surface area contributed by atoms with Crippen LogP contribution in [0.15, 0.2) is 17.1 Å². The van der Waals surface area contributed by atoms with E-state index in [1.54, 1.807) is 0 Å². The quantitative estimate of drug-likeness (QED) is 0.687. The number of amidine groups is 1. The number of aliphatic imine (C=N–C) groups is 1. The van der Waals surface area contributed by atoms with Gasteiger partial charge in [-0.15, -0.1) is 0 Å². The van der Waals surface area contributed by atoms with Crippen LogP contribution in [0.4, 0.5) is 5.69 Å². The Bertz CT molecular complexity index is 553. The summed E-state index contributed by atoms with van der Waals surface area (Å²) in [4.78, 5) is 7.25. The van der Waals surface area contributed by atoms with Gasteiger partial charge < -0.3 is 4.90 Å². The third kappa shape index (κ3) is 1.52. The Morgan fingerprint density at radius 1 is 1.17 bits per heavy atom. The largest absolute Gasteiger partial charge is 0.353 e. The van der Waals surface area contributed by atoms with Gasteiger partial charge in [0.2, 0.25) is 0 Å². The molecule has 1 saturated heterocycles. The molecule has 2 fully saturated rings. The van der Waals surface area contributed by atoms with E-state index in [0.717, 1.165) is 40.2 Å². The van der Waals surface area contributed by atoms with Crippen molar-refractivity contribution in [2.24, 2.45) is 10.9 Å². The van der Waals surface area contributed by atoms with Gasteiger partial charge in [0.1, 0.15) is 5.84 Å². The molecule has 2 bridgehead atoms. The molecule has 1 aromatic rings. The van der Waals surface area contributed by atoms with Gasteiger partial charge in [0.25, 0.3) is 0 Å². The van der Waals surface area contributed by atoms with Crippen LogP contribution in [0.2, 0.25) is 10.0 Å². The molecule has 2 atom stereocenters. The molecule has 4 heteroatoms. The standard InChI is InChI=1S/C14H14Cl2N2/c15-11-3-4-12(16)14-10(11)7-18-9-2-1-8(5-9)6-13(18)17-14/h3-4,8-9H,1-2,5-7H2. The fourth-order valence-corrected chi connectivity index (χ4v) is 4.02.